The fraction of sp³-hybridized carbons (Fsp3) is 0.500. The van der Waals surface area contributed by atoms with E-state index in [1.54, 1.807) is 13.2 Å². The maximum Gasteiger partial charge on any atom is 0.330 e. The molecule has 1 aromatic carbocycles. The first-order chi connectivity index (χ1) is 10.2. The van der Waals surface area contributed by atoms with Crippen LogP contribution in [0.25, 0.3) is 6.08 Å². The predicted molar refractivity (Wildman–Crippen MR) is 86.5 cm³/mol. The van der Waals surface area contributed by atoms with E-state index in [1.807, 2.05) is 18.2 Å². The number of methoxy groups -OCH3 is 1. The molecule has 0 aliphatic heterocycles. The second-order valence-corrected chi connectivity index (χ2v) is 4.95. The summed E-state index contributed by atoms with van der Waals surface area (Å²) in [6.07, 6.45) is 8.54. The Hall–Kier alpha value is -1.77. The molecule has 0 aliphatic carbocycles. The van der Waals surface area contributed by atoms with Gasteiger partial charge in [0.25, 0.3) is 0 Å². The first-order valence-electron chi connectivity index (χ1n) is 7.73. The molecule has 21 heavy (non-hydrogen) atoms. The summed E-state index contributed by atoms with van der Waals surface area (Å²) < 4.78 is 10.6. The molecule has 0 amide bonds. The zero-order chi connectivity index (χ0) is 15.5. The number of carbonyl (C=O) groups excluding carboxylic acids is 1. The van der Waals surface area contributed by atoms with E-state index in [0.29, 0.717) is 6.61 Å². The van der Waals surface area contributed by atoms with Crippen LogP contribution >= 0.6 is 0 Å². The highest BCUT2D eigenvalue weighted by Crippen LogP contribution is 2.25. The van der Waals surface area contributed by atoms with Crippen molar-refractivity contribution in [3.8, 4) is 5.75 Å². The van der Waals surface area contributed by atoms with Crippen LogP contribution in [0.3, 0.4) is 0 Å². The monoisotopic (exact) mass is 290 g/mol. The van der Waals surface area contributed by atoms with Gasteiger partial charge in [-0.15, -0.1) is 0 Å². The molecule has 116 valence electrons. The van der Waals surface area contributed by atoms with Gasteiger partial charge in [0.05, 0.1) is 13.7 Å². The van der Waals surface area contributed by atoms with E-state index in [9.17, 15) is 4.79 Å². The summed E-state index contributed by atoms with van der Waals surface area (Å²) in [5.41, 5.74) is 2.03. The molecule has 0 N–H and O–H groups in total. The van der Waals surface area contributed by atoms with Crippen LogP contribution in [0.2, 0.25) is 0 Å². The summed E-state index contributed by atoms with van der Waals surface area (Å²) in [4.78, 5) is 11.7. The molecule has 0 atom stereocenters. The van der Waals surface area contributed by atoms with Gasteiger partial charge in [-0.1, -0.05) is 51.3 Å². The molecule has 1 aromatic rings. The van der Waals surface area contributed by atoms with Gasteiger partial charge in [0, 0.05) is 11.6 Å². The summed E-state index contributed by atoms with van der Waals surface area (Å²) in [7, 11) is 1.65. The molecule has 0 bridgehead atoms. The minimum Gasteiger partial charge on any atom is -0.496 e. The van der Waals surface area contributed by atoms with E-state index in [0.717, 1.165) is 36.1 Å². The molecule has 0 heterocycles. The van der Waals surface area contributed by atoms with Crippen LogP contribution < -0.4 is 4.74 Å². The van der Waals surface area contributed by atoms with Crippen molar-refractivity contribution >= 4 is 12.0 Å². The molecule has 3 heteroatoms. The number of hydrogen-bond acceptors (Lipinski definition) is 3. The van der Waals surface area contributed by atoms with Gasteiger partial charge in [-0.05, 0) is 24.5 Å². The Morgan fingerprint density at radius 2 is 2.00 bits per heavy atom. The van der Waals surface area contributed by atoms with Gasteiger partial charge in [0.15, 0.2) is 0 Å². The van der Waals surface area contributed by atoms with Gasteiger partial charge in [-0.3, -0.25) is 0 Å². The molecule has 1 rings (SSSR count). The lowest BCUT2D eigenvalue weighted by Gasteiger charge is -2.09. The third kappa shape index (κ3) is 6.03. The van der Waals surface area contributed by atoms with Crippen LogP contribution in [0.1, 0.15) is 50.7 Å². The third-order valence-corrected chi connectivity index (χ3v) is 3.35. The largest absolute Gasteiger partial charge is 0.496 e. The molecule has 0 unspecified atom stereocenters. The van der Waals surface area contributed by atoms with Gasteiger partial charge in [-0.2, -0.15) is 0 Å². The molecule has 3 nitrogen and oxygen atoms in total. The summed E-state index contributed by atoms with van der Waals surface area (Å²) in [6, 6.07) is 5.93. The zero-order valence-electron chi connectivity index (χ0n) is 13.4. The van der Waals surface area contributed by atoms with Crippen molar-refractivity contribution in [3.05, 3.63) is 35.4 Å². The Kier molecular flexibility index (Phi) is 8.25. The summed E-state index contributed by atoms with van der Waals surface area (Å²) >= 11 is 0. The predicted octanol–water partition coefficient (Wildman–Crippen LogP) is 4.39. The Morgan fingerprint density at radius 3 is 2.67 bits per heavy atom. The highest BCUT2D eigenvalue weighted by atomic mass is 16.5. The first kappa shape index (κ1) is 17.3. The highest BCUT2D eigenvalue weighted by molar-refractivity contribution is 5.87. The van der Waals surface area contributed by atoms with Crippen molar-refractivity contribution in [2.24, 2.45) is 0 Å². The average Bonchev–Trinajstić information content (AvgIpc) is 2.52. The van der Waals surface area contributed by atoms with Gasteiger partial charge in [0.1, 0.15) is 5.75 Å². The number of unbranched alkanes of at least 4 members (excludes halogenated alkanes) is 3. The van der Waals surface area contributed by atoms with Crippen molar-refractivity contribution < 1.29 is 14.3 Å². The molecule has 0 saturated carbocycles. The normalized spacial score (nSPS) is 10.8. The van der Waals surface area contributed by atoms with E-state index >= 15 is 0 Å². The van der Waals surface area contributed by atoms with E-state index in [4.69, 9.17) is 9.47 Å². The van der Waals surface area contributed by atoms with E-state index in [1.165, 1.54) is 18.9 Å². The number of hydrogen-bond donors (Lipinski definition) is 0. The molecule has 0 saturated heterocycles. The average molecular weight is 290 g/mol. The van der Waals surface area contributed by atoms with Crippen molar-refractivity contribution in [3.63, 3.8) is 0 Å². The van der Waals surface area contributed by atoms with Crippen LogP contribution in [0.5, 0.6) is 5.75 Å². The second kappa shape index (κ2) is 10.0. The minimum absolute atomic E-state index is 0.296. The number of ether oxygens (including phenoxy) is 2. The quantitative estimate of drug-likeness (QED) is 0.384. The van der Waals surface area contributed by atoms with Gasteiger partial charge in [-0.25, -0.2) is 4.79 Å². The number of esters is 1. The summed E-state index contributed by atoms with van der Waals surface area (Å²) in [6.45, 7) is 4.73. The number of benzene rings is 1. The molecule has 0 radical (unpaired) electrons. The zero-order valence-corrected chi connectivity index (χ0v) is 13.4. The fourth-order valence-corrected chi connectivity index (χ4v) is 2.17. The molecule has 0 fully saturated rings. The molecule has 0 spiro atoms. The van der Waals surface area contributed by atoms with Gasteiger partial charge < -0.3 is 9.47 Å². The summed E-state index contributed by atoms with van der Waals surface area (Å²) in [5.74, 6) is 0.530. The number of para-hydroxylation sites is 1. The van der Waals surface area contributed by atoms with E-state index < -0.39 is 0 Å². The lowest BCUT2D eigenvalue weighted by atomic mass is 10.1. The standard InChI is InChI=1S/C18H26O3/c1-4-6-7-8-14-21-17(19)13-12-16-11-9-10-15(5-2)18(16)20-3/h9-13H,4-8,14H2,1-3H3/b13-12+. The SMILES string of the molecule is CCCCCCOC(=O)/C=C/c1cccc(CC)c1OC. The number of aryl methyl sites for hydroxylation is 1. The third-order valence-electron chi connectivity index (χ3n) is 3.35. The Balaban J connectivity index is 2.54. The van der Waals surface area contributed by atoms with E-state index in [-0.39, 0.29) is 5.97 Å². The van der Waals surface area contributed by atoms with Crippen molar-refractivity contribution in [2.45, 2.75) is 46.0 Å². The molecular formula is C18H26O3. The van der Waals surface area contributed by atoms with Gasteiger partial charge in [0.2, 0.25) is 0 Å². The van der Waals surface area contributed by atoms with Crippen LogP contribution in [0.15, 0.2) is 24.3 Å². The van der Waals surface area contributed by atoms with Crippen LogP contribution in [-0.4, -0.2) is 19.7 Å². The summed E-state index contributed by atoms with van der Waals surface area (Å²) in [5, 5.41) is 0. The van der Waals surface area contributed by atoms with E-state index in [2.05, 4.69) is 13.8 Å². The second-order valence-electron chi connectivity index (χ2n) is 4.95. The topological polar surface area (TPSA) is 35.5 Å². The maximum absolute atomic E-state index is 11.7. The molecule has 0 aromatic heterocycles. The molecule has 0 aliphatic rings. The van der Waals surface area contributed by atoms with Gasteiger partial charge >= 0.3 is 5.97 Å². The van der Waals surface area contributed by atoms with Crippen molar-refractivity contribution in [1.82, 2.24) is 0 Å². The minimum atomic E-state index is -0.296. The van der Waals surface area contributed by atoms with Crippen LogP contribution in [-0.2, 0) is 16.0 Å². The number of carbonyl (C=O) groups is 1. The molecular weight excluding hydrogens is 264 g/mol. The van der Waals surface area contributed by atoms with Crippen LogP contribution in [0, 0.1) is 0 Å². The lowest BCUT2D eigenvalue weighted by Crippen LogP contribution is -2.02. The first-order valence-corrected chi connectivity index (χ1v) is 7.73. The highest BCUT2D eigenvalue weighted by Gasteiger charge is 2.05. The Morgan fingerprint density at radius 1 is 1.19 bits per heavy atom. The van der Waals surface area contributed by atoms with Crippen LogP contribution in [0.4, 0.5) is 0 Å². The maximum atomic E-state index is 11.7. The Labute approximate surface area is 128 Å². The lowest BCUT2D eigenvalue weighted by molar-refractivity contribution is -0.137. The Bertz CT molecular complexity index is 464. The fourth-order valence-electron chi connectivity index (χ4n) is 2.17. The van der Waals surface area contributed by atoms with Crippen molar-refractivity contribution in [2.75, 3.05) is 13.7 Å². The van der Waals surface area contributed by atoms with Crippen molar-refractivity contribution in [1.29, 1.82) is 0 Å². The smallest absolute Gasteiger partial charge is 0.330 e. The number of rotatable bonds is 9.